The van der Waals surface area contributed by atoms with E-state index in [4.69, 9.17) is 5.11 Å². The maximum Gasteiger partial charge on any atom is 0.337 e. The number of para-hydroxylation sites is 1. The minimum absolute atomic E-state index is 0.193. The highest BCUT2D eigenvalue weighted by Crippen LogP contribution is 2.21. The summed E-state index contributed by atoms with van der Waals surface area (Å²) in [7, 11) is 0. The number of rotatable bonds is 4. The summed E-state index contributed by atoms with van der Waals surface area (Å²) in [5, 5.41) is 21.5. The van der Waals surface area contributed by atoms with Crippen molar-refractivity contribution < 1.29 is 24.0 Å². The van der Waals surface area contributed by atoms with Crippen LogP contribution in [0.15, 0.2) is 30.3 Å². The first kappa shape index (κ1) is 14.2. The quantitative estimate of drug-likeness (QED) is 0.587. The fourth-order valence-electron chi connectivity index (χ4n) is 1.63. The van der Waals surface area contributed by atoms with Gasteiger partial charge in [-0.15, -0.1) is 0 Å². The van der Waals surface area contributed by atoms with Gasteiger partial charge in [0.2, 0.25) is 0 Å². The van der Waals surface area contributed by atoms with Crippen molar-refractivity contribution in [2.75, 3.05) is 5.32 Å². The number of H-pyrrole nitrogens is 1. The van der Waals surface area contributed by atoms with Crippen LogP contribution < -0.4 is 5.32 Å². The van der Waals surface area contributed by atoms with E-state index in [9.17, 15) is 24.1 Å². The minimum Gasteiger partial charge on any atom is -0.478 e. The molecule has 2 aromatic rings. The van der Waals surface area contributed by atoms with E-state index in [1.807, 2.05) is 0 Å². The van der Waals surface area contributed by atoms with Crippen LogP contribution in [-0.2, 0) is 0 Å². The Labute approximate surface area is 116 Å². The number of carboxylic acids is 1. The highest BCUT2D eigenvalue weighted by Gasteiger charge is 2.20. The van der Waals surface area contributed by atoms with Crippen LogP contribution in [0, 0.1) is 15.9 Å². The van der Waals surface area contributed by atoms with Gasteiger partial charge in [-0.25, -0.2) is 14.2 Å². The van der Waals surface area contributed by atoms with Crippen LogP contribution in [-0.4, -0.2) is 26.9 Å². The normalized spacial score (nSPS) is 10.1. The van der Waals surface area contributed by atoms with Crippen molar-refractivity contribution in [3.8, 4) is 0 Å². The Bertz CT molecular complexity index is 740. The van der Waals surface area contributed by atoms with Crippen molar-refractivity contribution in [3.63, 3.8) is 0 Å². The molecule has 108 valence electrons. The summed E-state index contributed by atoms with van der Waals surface area (Å²) in [4.78, 5) is 34.8. The summed E-state index contributed by atoms with van der Waals surface area (Å²) < 4.78 is 13.6. The Kier molecular flexibility index (Phi) is 3.65. The first-order valence-corrected chi connectivity index (χ1v) is 5.56. The molecule has 0 aliphatic carbocycles. The van der Waals surface area contributed by atoms with Crippen LogP contribution in [0.3, 0.4) is 0 Å². The fourth-order valence-corrected chi connectivity index (χ4v) is 1.63. The maximum atomic E-state index is 13.6. The number of hydrogen-bond donors (Lipinski definition) is 3. The molecule has 3 N–H and O–H groups in total. The molecule has 8 nitrogen and oxygen atoms in total. The molecule has 0 fully saturated rings. The van der Waals surface area contributed by atoms with Crippen LogP contribution in [0.25, 0.3) is 0 Å². The Hall–Kier alpha value is -3.23. The number of nitro groups is 1. The van der Waals surface area contributed by atoms with Gasteiger partial charge in [-0.1, -0.05) is 6.07 Å². The second-order valence-electron chi connectivity index (χ2n) is 3.94. The number of nitrogens with one attached hydrogen (secondary N) is 2. The van der Waals surface area contributed by atoms with E-state index < -0.39 is 39.7 Å². The monoisotopic (exact) mass is 293 g/mol. The van der Waals surface area contributed by atoms with E-state index in [1.54, 1.807) is 0 Å². The summed E-state index contributed by atoms with van der Waals surface area (Å²) in [5.74, 6) is -3.64. The van der Waals surface area contributed by atoms with Gasteiger partial charge in [0.15, 0.2) is 5.69 Å². The predicted molar refractivity (Wildman–Crippen MR) is 68.8 cm³/mol. The van der Waals surface area contributed by atoms with Crippen molar-refractivity contribution >= 4 is 23.4 Å². The number of anilines is 1. The molecule has 0 bridgehead atoms. The molecule has 0 aliphatic rings. The Morgan fingerprint density at radius 2 is 2.00 bits per heavy atom. The standard InChI is InChI=1S/C12H8FN3O5/c13-7-3-1-2-6(12(18)19)10(7)15-11(17)8-4-5-9(14-8)16(20)21/h1-5,14H,(H,15,17)(H,18,19). The molecular weight excluding hydrogens is 285 g/mol. The lowest BCUT2D eigenvalue weighted by Crippen LogP contribution is -2.16. The zero-order valence-corrected chi connectivity index (χ0v) is 10.3. The molecular formula is C12H8FN3O5. The van der Waals surface area contributed by atoms with E-state index in [2.05, 4.69) is 10.3 Å². The van der Waals surface area contributed by atoms with Gasteiger partial charge in [-0.05, 0) is 23.1 Å². The highest BCUT2D eigenvalue weighted by atomic mass is 19.1. The molecule has 1 heterocycles. The average Bonchev–Trinajstić information content (AvgIpc) is 2.90. The zero-order chi connectivity index (χ0) is 15.6. The van der Waals surface area contributed by atoms with Crippen LogP contribution in [0.2, 0.25) is 0 Å². The fraction of sp³-hybridized carbons (Fsp3) is 0. The van der Waals surface area contributed by atoms with E-state index >= 15 is 0 Å². The molecule has 1 aromatic carbocycles. The average molecular weight is 293 g/mol. The molecule has 1 amide bonds. The third-order valence-electron chi connectivity index (χ3n) is 2.59. The molecule has 2 rings (SSSR count). The predicted octanol–water partition coefficient (Wildman–Crippen LogP) is 2.01. The smallest absolute Gasteiger partial charge is 0.337 e. The van der Waals surface area contributed by atoms with Crippen molar-refractivity contribution in [2.45, 2.75) is 0 Å². The summed E-state index contributed by atoms with van der Waals surface area (Å²) >= 11 is 0. The summed E-state index contributed by atoms with van der Waals surface area (Å²) in [6.07, 6.45) is 0. The molecule has 0 radical (unpaired) electrons. The molecule has 1 aromatic heterocycles. The molecule has 0 spiro atoms. The van der Waals surface area contributed by atoms with Gasteiger partial charge in [0.25, 0.3) is 5.91 Å². The number of halogens is 1. The number of hydrogen-bond acceptors (Lipinski definition) is 4. The van der Waals surface area contributed by atoms with E-state index in [0.29, 0.717) is 0 Å². The Morgan fingerprint density at radius 3 is 2.57 bits per heavy atom. The van der Waals surface area contributed by atoms with Gasteiger partial charge < -0.3 is 20.5 Å². The number of amides is 1. The number of aromatic nitrogens is 1. The molecule has 0 aliphatic heterocycles. The van der Waals surface area contributed by atoms with E-state index in [0.717, 1.165) is 24.3 Å². The number of aromatic carboxylic acids is 1. The van der Waals surface area contributed by atoms with Gasteiger partial charge in [-0.3, -0.25) is 4.79 Å². The van der Waals surface area contributed by atoms with Gasteiger partial charge in [0, 0.05) is 6.07 Å². The lowest BCUT2D eigenvalue weighted by molar-refractivity contribution is -0.389. The summed E-state index contributed by atoms with van der Waals surface area (Å²) in [5.41, 5.74) is -1.13. The van der Waals surface area contributed by atoms with Crippen LogP contribution in [0.1, 0.15) is 20.8 Å². The molecule has 0 saturated carbocycles. The topological polar surface area (TPSA) is 125 Å². The SMILES string of the molecule is O=C(Nc1c(F)cccc1C(=O)O)c1ccc([N+](=O)[O-])[nH]1. The maximum absolute atomic E-state index is 13.6. The molecule has 21 heavy (non-hydrogen) atoms. The second-order valence-corrected chi connectivity index (χ2v) is 3.94. The highest BCUT2D eigenvalue weighted by molar-refractivity contribution is 6.07. The Morgan fingerprint density at radius 1 is 1.29 bits per heavy atom. The first-order chi connectivity index (χ1) is 9.90. The first-order valence-electron chi connectivity index (χ1n) is 5.56. The van der Waals surface area contributed by atoms with Gasteiger partial charge in [0.05, 0.1) is 11.3 Å². The summed E-state index contributed by atoms with van der Waals surface area (Å²) in [6, 6.07) is 5.49. The van der Waals surface area contributed by atoms with Crippen molar-refractivity contribution in [1.82, 2.24) is 4.98 Å². The second kappa shape index (κ2) is 5.41. The van der Waals surface area contributed by atoms with E-state index in [-0.39, 0.29) is 5.69 Å². The largest absolute Gasteiger partial charge is 0.478 e. The van der Waals surface area contributed by atoms with Crippen LogP contribution in [0.5, 0.6) is 0 Å². The van der Waals surface area contributed by atoms with E-state index in [1.165, 1.54) is 6.07 Å². The molecule has 0 atom stereocenters. The number of carboxylic acid groups (broad SMARTS) is 1. The third-order valence-corrected chi connectivity index (χ3v) is 2.59. The minimum atomic E-state index is -1.41. The zero-order valence-electron chi connectivity index (χ0n) is 10.3. The van der Waals surface area contributed by atoms with Gasteiger partial charge >= 0.3 is 11.8 Å². The Balaban J connectivity index is 2.31. The number of benzene rings is 1. The van der Waals surface area contributed by atoms with Crippen molar-refractivity contribution in [3.05, 3.63) is 57.5 Å². The lowest BCUT2D eigenvalue weighted by Gasteiger charge is -2.07. The molecule has 0 saturated heterocycles. The van der Waals surface area contributed by atoms with Gasteiger partial charge in [-0.2, -0.15) is 0 Å². The van der Waals surface area contributed by atoms with Crippen molar-refractivity contribution in [2.24, 2.45) is 0 Å². The lowest BCUT2D eigenvalue weighted by atomic mass is 10.1. The van der Waals surface area contributed by atoms with Crippen LogP contribution in [0.4, 0.5) is 15.9 Å². The number of carbonyl (C=O) groups is 2. The summed E-state index contributed by atoms with van der Waals surface area (Å²) in [6.45, 7) is 0. The molecule has 0 unspecified atom stereocenters. The number of carbonyl (C=O) groups excluding carboxylic acids is 1. The third kappa shape index (κ3) is 2.86. The molecule has 9 heteroatoms. The van der Waals surface area contributed by atoms with Crippen LogP contribution >= 0.6 is 0 Å². The number of aromatic amines is 1. The van der Waals surface area contributed by atoms with Crippen molar-refractivity contribution in [1.29, 1.82) is 0 Å². The number of nitrogens with zero attached hydrogens (tertiary/aromatic N) is 1. The van der Waals surface area contributed by atoms with Gasteiger partial charge in [0.1, 0.15) is 5.82 Å².